The summed E-state index contributed by atoms with van der Waals surface area (Å²) in [5, 5.41) is 0. The lowest BCUT2D eigenvalue weighted by Crippen LogP contribution is -2.27. The summed E-state index contributed by atoms with van der Waals surface area (Å²) in [4.78, 5) is 20.7. The highest BCUT2D eigenvalue weighted by atomic mass is 16.5. The monoisotopic (exact) mass is 409 g/mol. The molecule has 3 rings (SSSR count). The van der Waals surface area contributed by atoms with Gasteiger partial charge in [-0.05, 0) is 48.6 Å². The van der Waals surface area contributed by atoms with Gasteiger partial charge in [0.1, 0.15) is 29.3 Å². The lowest BCUT2D eigenvalue weighted by atomic mass is 9.96. The van der Waals surface area contributed by atoms with Crippen molar-refractivity contribution in [2.24, 2.45) is 5.92 Å². The van der Waals surface area contributed by atoms with Crippen molar-refractivity contribution in [3.05, 3.63) is 48.0 Å². The van der Waals surface area contributed by atoms with Crippen LogP contribution in [0.15, 0.2) is 42.5 Å². The molecule has 1 aromatic heterocycles. The first kappa shape index (κ1) is 22.1. The quantitative estimate of drug-likeness (QED) is 0.589. The van der Waals surface area contributed by atoms with Crippen molar-refractivity contribution < 1.29 is 9.53 Å². The van der Waals surface area contributed by atoms with E-state index in [-0.39, 0.29) is 17.8 Å². The van der Waals surface area contributed by atoms with Gasteiger partial charge in [0.05, 0.1) is 6.54 Å². The van der Waals surface area contributed by atoms with E-state index in [9.17, 15) is 4.79 Å². The lowest BCUT2D eigenvalue weighted by molar-refractivity contribution is -0.117. The molecule has 2 heterocycles. The predicted octanol–water partition coefficient (Wildman–Crippen LogP) is 4.91. The average Bonchev–Trinajstić information content (AvgIpc) is 3.16. The molecule has 30 heavy (non-hydrogen) atoms. The molecule has 0 radical (unpaired) electrons. The van der Waals surface area contributed by atoms with Gasteiger partial charge in [-0.3, -0.25) is 0 Å². The molecule has 0 amide bonds. The van der Waals surface area contributed by atoms with Crippen molar-refractivity contribution in [2.45, 2.75) is 52.6 Å². The summed E-state index contributed by atoms with van der Waals surface area (Å²) >= 11 is 0. The summed E-state index contributed by atoms with van der Waals surface area (Å²) in [5.74, 6) is 3.98. The molecule has 5 nitrogen and oxygen atoms in total. The van der Waals surface area contributed by atoms with Crippen molar-refractivity contribution in [1.29, 1.82) is 0 Å². The van der Waals surface area contributed by atoms with Gasteiger partial charge in [-0.1, -0.05) is 39.0 Å². The maximum absolute atomic E-state index is 11.3. The summed E-state index contributed by atoms with van der Waals surface area (Å²) in [6, 6.07) is 14.4. The molecule has 1 saturated heterocycles. The largest absolute Gasteiger partial charge is 0.489 e. The number of benzene rings is 1. The number of carbonyl (C=O) groups excluding carboxylic acids is 1. The fourth-order valence-electron chi connectivity index (χ4n) is 4.09. The first-order valence-corrected chi connectivity index (χ1v) is 11.0. The third kappa shape index (κ3) is 5.97. The second kappa shape index (κ2) is 9.96. The molecular weight excluding hydrogens is 374 g/mol. The van der Waals surface area contributed by atoms with Gasteiger partial charge in [0.25, 0.3) is 0 Å². The van der Waals surface area contributed by atoms with Crippen molar-refractivity contribution >= 4 is 17.4 Å². The Balaban J connectivity index is 1.57. The number of ketones is 1. The number of aromatic nitrogens is 1. The highest BCUT2D eigenvalue weighted by molar-refractivity contribution is 5.76. The van der Waals surface area contributed by atoms with E-state index in [1.165, 1.54) is 5.56 Å². The number of carbonyl (C=O) groups is 1. The zero-order valence-electron chi connectivity index (χ0n) is 19.0. The fraction of sp³-hybridized carbons (Fsp3) is 0.520. The Bertz CT molecular complexity index is 835. The Kier molecular flexibility index (Phi) is 7.35. The predicted molar refractivity (Wildman–Crippen MR) is 124 cm³/mol. The number of nitrogens with zero attached hydrogens (tertiary/aromatic N) is 3. The molecule has 162 valence electrons. The van der Waals surface area contributed by atoms with Crippen LogP contribution < -0.4 is 14.5 Å². The van der Waals surface area contributed by atoms with E-state index in [0.717, 1.165) is 43.4 Å². The molecule has 1 aliphatic rings. The van der Waals surface area contributed by atoms with E-state index in [0.29, 0.717) is 12.3 Å². The molecule has 1 aromatic carbocycles. The maximum atomic E-state index is 11.3. The number of hydrogen-bond donors (Lipinski definition) is 0. The molecule has 0 bridgehead atoms. The van der Waals surface area contributed by atoms with Gasteiger partial charge in [-0.2, -0.15) is 0 Å². The molecule has 5 heteroatoms. The first-order valence-electron chi connectivity index (χ1n) is 11.0. The van der Waals surface area contributed by atoms with Gasteiger partial charge < -0.3 is 19.3 Å². The molecule has 1 fully saturated rings. The topological polar surface area (TPSA) is 45.7 Å². The van der Waals surface area contributed by atoms with Gasteiger partial charge in [0.15, 0.2) is 0 Å². The van der Waals surface area contributed by atoms with Crippen LogP contribution in [0.1, 0.15) is 52.0 Å². The van der Waals surface area contributed by atoms with Crippen LogP contribution in [-0.2, 0) is 4.79 Å². The Morgan fingerprint density at radius 3 is 2.60 bits per heavy atom. The van der Waals surface area contributed by atoms with Crippen LogP contribution in [0.4, 0.5) is 11.6 Å². The van der Waals surface area contributed by atoms with Crippen LogP contribution in [0.3, 0.4) is 0 Å². The molecule has 0 unspecified atom stereocenters. The number of ether oxygens (including phenoxy) is 1. The van der Waals surface area contributed by atoms with E-state index < -0.39 is 0 Å². The van der Waals surface area contributed by atoms with E-state index in [4.69, 9.17) is 9.72 Å². The van der Waals surface area contributed by atoms with Crippen LogP contribution >= 0.6 is 0 Å². The molecule has 2 atom stereocenters. The fourth-order valence-corrected chi connectivity index (χ4v) is 4.09. The molecule has 2 aromatic rings. The minimum absolute atomic E-state index is 0.157. The summed E-state index contributed by atoms with van der Waals surface area (Å²) in [6.45, 7) is 11.0. The van der Waals surface area contributed by atoms with Crippen molar-refractivity contribution in [3.8, 4) is 5.75 Å². The Morgan fingerprint density at radius 2 is 1.93 bits per heavy atom. The molecular formula is C25H35N3O2. The van der Waals surface area contributed by atoms with Gasteiger partial charge >= 0.3 is 0 Å². The van der Waals surface area contributed by atoms with Crippen LogP contribution in [0.25, 0.3) is 0 Å². The summed E-state index contributed by atoms with van der Waals surface area (Å²) in [5.41, 5.74) is 1.18. The van der Waals surface area contributed by atoms with E-state index in [1.807, 2.05) is 12.1 Å². The summed E-state index contributed by atoms with van der Waals surface area (Å²) < 4.78 is 6.23. The van der Waals surface area contributed by atoms with Crippen LogP contribution in [0, 0.1) is 5.92 Å². The van der Waals surface area contributed by atoms with Crippen LogP contribution in [-0.4, -0.2) is 43.6 Å². The second-order valence-electron chi connectivity index (χ2n) is 8.98. The Morgan fingerprint density at radius 1 is 1.20 bits per heavy atom. The Labute approximate surface area is 181 Å². The molecule has 0 aliphatic carbocycles. The van der Waals surface area contributed by atoms with E-state index in [1.54, 1.807) is 6.92 Å². The molecule has 1 aliphatic heterocycles. The highest BCUT2D eigenvalue weighted by Crippen LogP contribution is 2.26. The minimum Gasteiger partial charge on any atom is -0.489 e. The summed E-state index contributed by atoms with van der Waals surface area (Å²) in [6.07, 6.45) is 1.72. The Hall–Kier alpha value is -2.56. The number of Topliss-reactive ketones (excluding diaryl/α,β-unsaturated/α-hetero) is 1. The number of anilines is 2. The number of rotatable bonds is 9. The second-order valence-corrected chi connectivity index (χ2v) is 8.98. The van der Waals surface area contributed by atoms with E-state index in [2.05, 4.69) is 68.0 Å². The normalized spacial score (nSPS) is 17.3. The van der Waals surface area contributed by atoms with Gasteiger partial charge in [0, 0.05) is 33.0 Å². The van der Waals surface area contributed by atoms with Crippen LogP contribution in [0.5, 0.6) is 5.75 Å². The van der Waals surface area contributed by atoms with Gasteiger partial charge in [-0.25, -0.2) is 4.98 Å². The smallest absolute Gasteiger partial charge is 0.131 e. The number of hydrogen-bond acceptors (Lipinski definition) is 5. The molecule has 0 N–H and O–H groups in total. The lowest BCUT2D eigenvalue weighted by Gasteiger charge is -2.23. The SMILES string of the molecule is CC(=O)C[C@@H](C)c1ccc(O[C@@H]2CCN(c3cccc(N(C)CC(C)C)n3)C2)cc1. The average molecular weight is 410 g/mol. The minimum atomic E-state index is 0.157. The third-order valence-electron chi connectivity index (χ3n) is 5.56. The molecule has 0 saturated carbocycles. The molecule has 0 spiro atoms. The number of pyridine rings is 1. The zero-order chi connectivity index (χ0) is 21.7. The van der Waals surface area contributed by atoms with Crippen molar-refractivity contribution in [2.75, 3.05) is 36.5 Å². The first-order chi connectivity index (χ1) is 14.3. The standard InChI is InChI=1S/C25H35N3O2/c1-18(2)16-27(5)24-7-6-8-25(26-24)28-14-13-23(17-28)30-22-11-9-21(10-12-22)19(3)15-20(4)29/h6-12,18-19,23H,13-17H2,1-5H3/t19-,23-/m1/s1. The third-order valence-corrected chi connectivity index (χ3v) is 5.56. The van der Waals surface area contributed by atoms with Crippen LogP contribution in [0.2, 0.25) is 0 Å². The van der Waals surface area contributed by atoms with Crippen molar-refractivity contribution in [1.82, 2.24) is 4.98 Å². The van der Waals surface area contributed by atoms with Gasteiger partial charge in [0.2, 0.25) is 0 Å². The highest BCUT2D eigenvalue weighted by Gasteiger charge is 2.25. The zero-order valence-corrected chi connectivity index (χ0v) is 19.0. The van der Waals surface area contributed by atoms with E-state index >= 15 is 0 Å². The van der Waals surface area contributed by atoms with Crippen molar-refractivity contribution in [3.63, 3.8) is 0 Å². The summed E-state index contributed by atoms with van der Waals surface area (Å²) in [7, 11) is 2.10. The van der Waals surface area contributed by atoms with Gasteiger partial charge in [-0.15, -0.1) is 0 Å². The maximum Gasteiger partial charge on any atom is 0.131 e.